The van der Waals surface area contributed by atoms with Crippen LogP contribution >= 0.6 is 11.6 Å². The van der Waals surface area contributed by atoms with Gasteiger partial charge in [0.25, 0.3) is 0 Å². The number of halogens is 1. The van der Waals surface area contributed by atoms with Crippen LogP contribution in [0.3, 0.4) is 0 Å². The molecule has 0 radical (unpaired) electrons. The van der Waals surface area contributed by atoms with Crippen LogP contribution in [-0.4, -0.2) is 22.9 Å². The maximum atomic E-state index is 12.1. The molecule has 0 spiro atoms. The summed E-state index contributed by atoms with van der Waals surface area (Å²) in [5.74, 6) is 0.238. The monoisotopic (exact) mass is 432 g/mol. The largest absolute Gasteiger partial charge is 0.489 e. The Hall–Kier alpha value is -3.57. The van der Waals surface area contributed by atoms with Gasteiger partial charge >= 0.3 is 5.97 Å². The topological polar surface area (TPSA) is 53.4 Å². The second-order valence-electron chi connectivity index (χ2n) is 6.96. The third kappa shape index (κ3) is 4.95. The van der Waals surface area contributed by atoms with Crippen LogP contribution in [0.5, 0.6) is 5.75 Å². The summed E-state index contributed by atoms with van der Waals surface area (Å²) >= 11 is 6.34. The summed E-state index contributed by atoms with van der Waals surface area (Å²) in [6.07, 6.45) is 0. The average Bonchev–Trinajstić information content (AvgIpc) is 3.23. The fraction of sp³-hybridized carbons (Fsp3) is 0.120. The van der Waals surface area contributed by atoms with Crippen molar-refractivity contribution in [2.24, 2.45) is 0 Å². The maximum absolute atomic E-state index is 12.1. The highest BCUT2D eigenvalue weighted by Crippen LogP contribution is 2.27. The summed E-state index contributed by atoms with van der Waals surface area (Å²) in [6, 6.07) is 27.0. The Bertz CT molecular complexity index is 1190. The Morgan fingerprint density at radius 2 is 1.74 bits per heavy atom. The zero-order valence-electron chi connectivity index (χ0n) is 17.0. The molecule has 4 aromatic rings. The molecule has 4 rings (SSSR count). The number of carbonyl (C=O) groups is 1. The number of benzene rings is 3. The van der Waals surface area contributed by atoms with Crippen LogP contribution in [0.25, 0.3) is 11.3 Å². The molecule has 0 aliphatic rings. The van der Waals surface area contributed by atoms with Gasteiger partial charge in [-0.2, -0.15) is 5.10 Å². The van der Waals surface area contributed by atoms with Crippen molar-refractivity contribution in [1.29, 1.82) is 0 Å². The van der Waals surface area contributed by atoms with Crippen molar-refractivity contribution in [3.8, 4) is 17.0 Å². The van der Waals surface area contributed by atoms with Crippen LogP contribution in [0.2, 0.25) is 5.02 Å². The van der Waals surface area contributed by atoms with E-state index < -0.39 is 5.97 Å². The standard InChI is InChI=1S/C25H21ClN2O3/c1-30-25(29)23-15-24(28(27-23)16-20-10-5-6-13-22(20)26)19-11-7-12-21(14-19)31-17-18-8-3-2-4-9-18/h2-15H,16-17H2,1H3. The van der Waals surface area contributed by atoms with Crippen LogP contribution < -0.4 is 4.74 Å². The third-order valence-electron chi connectivity index (χ3n) is 4.83. The van der Waals surface area contributed by atoms with Crippen LogP contribution in [0.15, 0.2) is 84.9 Å². The van der Waals surface area contributed by atoms with Gasteiger partial charge < -0.3 is 9.47 Å². The lowest BCUT2D eigenvalue weighted by Crippen LogP contribution is -2.07. The van der Waals surface area contributed by atoms with E-state index >= 15 is 0 Å². The molecular weight excluding hydrogens is 412 g/mol. The van der Waals surface area contributed by atoms with Crippen molar-refractivity contribution >= 4 is 17.6 Å². The summed E-state index contributed by atoms with van der Waals surface area (Å²) in [4.78, 5) is 12.1. The normalized spacial score (nSPS) is 10.6. The van der Waals surface area contributed by atoms with Gasteiger partial charge in [0, 0.05) is 10.6 Å². The lowest BCUT2D eigenvalue weighted by molar-refractivity contribution is 0.0593. The Labute approximate surface area is 185 Å². The summed E-state index contributed by atoms with van der Waals surface area (Å²) in [5.41, 5.74) is 3.87. The van der Waals surface area contributed by atoms with Crippen LogP contribution in [0.1, 0.15) is 21.6 Å². The lowest BCUT2D eigenvalue weighted by Gasteiger charge is -2.11. The summed E-state index contributed by atoms with van der Waals surface area (Å²) in [7, 11) is 1.34. The Morgan fingerprint density at radius 1 is 0.968 bits per heavy atom. The van der Waals surface area contributed by atoms with Crippen molar-refractivity contribution in [1.82, 2.24) is 9.78 Å². The first-order valence-corrected chi connectivity index (χ1v) is 10.2. The molecule has 0 aliphatic heterocycles. The van der Waals surface area contributed by atoms with Crippen LogP contribution in [-0.2, 0) is 17.9 Å². The molecule has 0 N–H and O–H groups in total. The number of aromatic nitrogens is 2. The number of rotatable bonds is 7. The minimum absolute atomic E-state index is 0.236. The molecule has 156 valence electrons. The highest BCUT2D eigenvalue weighted by atomic mass is 35.5. The molecular formula is C25H21ClN2O3. The van der Waals surface area contributed by atoms with Gasteiger partial charge in [-0.1, -0.05) is 72.3 Å². The Kier molecular flexibility index (Phi) is 6.34. The van der Waals surface area contributed by atoms with Crippen molar-refractivity contribution in [2.75, 3.05) is 7.11 Å². The van der Waals surface area contributed by atoms with E-state index in [1.165, 1.54) is 7.11 Å². The second-order valence-corrected chi connectivity index (χ2v) is 7.36. The highest BCUT2D eigenvalue weighted by Gasteiger charge is 2.17. The molecule has 1 aromatic heterocycles. The van der Waals surface area contributed by atoms with E-state index in [1.54, 1.807) is 10.7 Å². The fourth-order valence-corrected chi connectivity index (χ4v) is 3.44. The molecule has 5 nitrogen and oxygen atoms in total. The van der Waals surface area contributed by atoms with Crippen LogP contribution in [0, 0.1) is 0 Å². The van der Waals surface area contributed by atoms with Gasteiger partial charge in [-0.15, -0.1) is 0 Å². The van der Waals surface area contributed by atoms with Gasteiger partial charge in [0.2, 0.25) is 0 Å². The van der Waals surface area contributed by atoms with Gasteiger partial charge in [0.1, 0.15) is 12.4 Å². The number of hydrogen-bond donors (Lipinski definition) is 0. The van der Waals surface area contributed by atoms with E-state index in [0.29, 0.717) is 18.2 Å². The average molecular weight is 433 g/mol. The molecule has 31 heavy (non-hydrogen) atoms. The van der Waals surface area contributed by atoms with E-state index in [4.69, 9.17) is 21.1 Å². The third-order valence-corrected chi connectivity index (χ3v) is 5.20. The maximum Gasteiger partial charge on any atom is 0.358 e. The number of ether oxygens (including phenoxy) is 2. The quantitative estimate of drug-likeness (QED) is 0.356. The lowest BCUT2D eigenvalue weighted by atomic mass is 10.1. The predicted molar refractivity (Wildman–Crippen MR) is 120 cm³/mol. The molecule has 0 bridgehead atoms. The number of methoxy groups -OCH3 is 1. The van der Waals surface area contributed by atoms with E-state index in [-0.39, 0.29) is 5.69 Å². The first-order chi connectivity index (χ1) is 15.1. The Morgan fingerprint density at radius 3 is 2.52 bits per heavy atom. The molecule has 6 heteroatoms. The molecule has 3 aromatic carbocycles. The van der Waals surface area contributed by atoms with Crippen LogP contribution in [0.4, 0.5) is 0 Å². The SMILES string of the molecule is COC(=O)c1cc(-c2cccc(OCc3ccccc3)c2)n(Cc2ccccc2Cl)n1. The van der Waals surface area contributed by atoms with Gasteiger partial charge in [-0.25, -0.2) is 4.79 Å². The molecule has 0 fully saturated rings. The van der Waals surface area contributed by atoms with Gasteiger partial charge in [0.05, 0.1) is 19.3 Å². The summed E-state index contributed by atoms with van der Waals surface area (Å²) in [6.45, 7) is 0.887. The van der Waals surface area contributed by atoms with E-state index in [2.05, 4.69) is 5.10 Å². The summed E-state index contributed by atoms with van der Waals surface area (Å²) < 4.78 is 12.6. The van der Waals surface area contributed by atoms with Crippen molar-refractivity contribution in [3.05, 3.63) is 107 Å². The first kappa shape index (κ1) is 20.7. The predicted octanol–water partition coefficient (Wildman–Crippen LogP) is 5.62. The zero-order chi connectivity index (χ0) is 21.6. The molecule has 0 saturated heterocycles. The van der Waals surface area contributed by atoms with Gasteiger partial charge in [-0.3, -0.25) is 4.68 Å². The first-order valence-electron chi connectivity index (χ1n) is 9.81. The van der Waals surface area contributed by atoms with Crippen molar-refractivity contribution < 1.29 is 14.3 Å². The molecule has 0 unspecified atom stereocenters. The molecule has 0 aliphatic carbocycles. The van der Waals surface area contributed by atoms with E-state index in [1.807, 2.05) is 78.9 Å². The minimum Gasteiger partial charge on any atom is -0.489 e. The van der Waals surface area contributed by atoms with Gasteiger partial charge in [0.15, 0.2) is 5.69 Å². The molecule has 0 amide bonds. The fourth-order valence-electron chi connectivity index (χ4n) is 3.25. The van der Waals surface area contributed by atoms with Crippen molar-refractivity contribution in [2.45, 2.75) is 13.2 Å². The molecule has 0 atom stereocenters. The molecule has 1 heterocycles. The second kappa shape index (κ2) is 9.49. The number of carbonyl (C=O) groups excluding carboxylic acids is 1. The smallest absolute Gasteiger partial charge is 0.358 e. The van der Waals surface area contributed by atoms with E-state index in [0.717, 1.165) is 28.1 Å². The Balaban J connectivity index is 1.65. The minimum atomic E-state index is -0.490. The summed E-state index contributed by atoms with van der Waals surface area (Å²) in [5, 5.41) is 5.10. The number of nitrogens with zero attached hydrogens (tertiary/aromatic N) is 2. The number of esters is 1. The van der Waals surface area contributed by atoms with Crippen molar-refractivity contribution in [3.63, 3.8) is 0 Å². The number of hydrogen-bond acceptors (Lipinski definition) is 4. The highest BCUT2D eigenvalue weighted by molar-refractivity contribution is 6.31. The molecule has 0 saturated carbocycles. The van der Waals surface area contributed by atoms with Gasteiger partial charge in [-0.05, 0) is 35.4 Å². The zero-order valence-corrected chi connectivity index (χ0v) is 17.8. The van der Waals surface area contributed by atoms with E-state index in [9.17, 15) is 4.79 Å².